The molecule has 5 nitrogen and oxygen atoms in total. The van der Waals surface area contributed by atoms with Crippen LogP contribution in [0.1, 0.15) is 28.5 Å². The van der Waals surface area contributed by atoms with Crippen LogP contribution < -0.4 is 0 Å². The second-order valence-corrected chi connectivity index (χ2v) is 11.3. The summed E-state index contributed by atoms with van der Waals surface area (Å²) < 4.78 is 32.9. The van der Waals surface area contributed by atoms with E-state index < -0.39 is 6.29 Å². The molecule has 6 heteroatoms. The van der Waals surface area contributed by atoms with Gasteiger partial charge in [-0.3, -0.25) is 0 Å². The van der Waals surface area contributed by atoms with Gasteiger partial charge in [0.25, 0.3) is 0 Å². The fourth-order valence-corrected chi connectivity index (χ4v) is 6.36. The van der Waals surface area contributed by atoms with Crippen LogP contribution in [0.25, 0.3) is 0 Å². The maximum atomic E-state index is 6.72. The normalized spacial score (nSPS) is 26.2. The SMILES string of the molecule is Cc1ccccc1S[C@@H]1O[C@@H]2COC(c3ccccc3)O[C@@H]2[C@H](OCc2ccccc2)[C@H]1OCc1ccccc1. The Balaban J connectivity index is 1.31. The highest BCUT2D eigenvalue weighted by atomic mass is 32.2. The van der Waals surface area contributed by atoms with Crippen molar-refractivity contribution in [1.82, 2.24) is 0 Å². The van der Waals surface area contributed by atoms with Crippen LogP contribution in [0.3, 0.4) is 0 Å². The number of hydrogen-bond acceptors (Lipinski definition) is 6. The Morgan fingerprint density at radius 3 is 1.90 bits per heavy atom. The zero-order valence-electron chi connectivity index (χ0n) is 22.5. The van der Waals surface area contributed by atoms with Gasteiger partial charge >= 0.3 is 0 Å². The van der Waals surface area contributed by atoms with E-state index in [1.54, 1.807) is 11.8 Å². The fraction of sp³-hybridized carbons (Fsp3) is 0.294. The number of rotatable bonds is 9. The minimum atomic E-state index is -0.496. The van der Waals surface area contributed by atoms with Crippen LogP contribution >= 0.6 is 11.8 Å². The van der Waals surface area contributed by atoms with Gasteiger partial charge < -0.3 is 23.7 Å². The maximum Gasteiger partial charge on any atom is 0.184 e. The average Bonchev–Trinajstić information content (AvgIpc) is 3.01. The van der Waals surface area contributed by atoms with Crippen molar-refractivity contribution in [3.05, 3.63) is 138 Å². The van der Waals surface area contributed by atoms with Gasteiger partial charge in [0.15, 0.2) is 6.29 Å². The van der Waals surface area contributed by atoms with Crippen molar-refractivity contribution in [3.63, 3.8) is 0 Å². The monoisotopic (exact) mass is 554 g/mol. The lowest BCUT2D eigenvalue weighted by molar-refractivity contribution is -0.329. The first kappa shape index (κ1) is 27.2. The summed E-state index contributed by atoms with van der Waals surface area (Å²) in [5, 5.41) is 0. The van der Waals surface area contributed by atoms with Gasteiger partial charge in [-0.2, -0.15) is 0 Å². The van der Waals surface area contributed by atoms with Crippen molar-refractivity contribution in [3.8, 4) is 0 Å². The minimum absolute atomic E-state index is 0.293. The molecule has 0 radical (unpaired) electrons. The van der Waals surface area contributed by atoms with Gasteiger partial charge in [-0.1, -0.05) is 121 Å². The lowest BCUT2D eigenvalue weighted by Crippen LogP contribution is -2.62. The first-order valence-electron chi connectivity index (χ1n) is 13.8. The Morgan fingerprint density at radius 2 is 1.25 bits per heavy atom. The second-order valence-electron chi connectivity index (χ2n) is 10.1. The molecule has 0 spiro atoms. The van der Waals surface area contributed by atoms with Gasteiger partial charge in [0.05, 0.1) is 19.8 Å². The van der Waals surface area contributed by atoms with E-state index in [2.05, 4.69) is 55.5 Å². The average molecular weight is 555 g/mol. The van der Waals surface area contributed by atoms with E-state index in [1.807, 2.05) is 66.7 Å². The van der Waals surface area contributed by atoms with Gasteiger partial charge in [0.1, 0.15) is 29.9 Å². The zero-order chi connectivity index (χ0) is 27.1. The molecule has 0 bridgehead atoms. The van der Waals surface area contributed by atoms with E-state index in [0.717, 1.165) is 21.6 Å². The molecule has 0 amide bonds. The Kier molecular flexibility index (Phi) is 8.93. The molecular weight excluding hydrogens is 520 g/mol. The fourth-order valence-electron chi connectivity index (χ4n) is 5.13. The predicted molar refractivity (Wildman–Crippen MR) is 156 cm³/mol. The van der Waals surface area contributed by atoms with E-state index in [9.17, 15) is 0 Å². The molecule has 4 aromatic rings. The first-order chi connectivity index (χ1) is 19.7. The summed E-state index contributed by atoms with van der Waals surface area (Å²) in [6.45, 7) is 3.42. The molecule has 4 aromatic carbocycles. The Bertz CT molecular complexity index is 1340. The number of thioether (sulfide) groups is 1. The van der Waals surface area contributed by atoms with Gasteiger partial charge in [-0.05, 0) is 29.7 Å². The number of benzene rings is 4. The topological polar surface area (TPSA) is 46.2 Å². The second kappa shape index (κ2) is 13.1. The summed E-state index contributed by atoms with van der Waals surface area (Å²) in [6, 6.07) is 38.8. The summed E-state index contributed by atoms with van der Waals surface area (Å²) in [5.74, 6) is 0. The molecule has 206 valence electrons. The molecule has 6 atom stereocenters. The summed E-state index contributed by atoms with van der Waals surface area (Å²) in [4.78, 5) is 1.15. The summed E-state index contributed by atoms with van der Waals surface area (Å²) >= 11 is 1.67. The van der Waals surface area contributed by atoms with Crippen LogP contribution in [0.15, 0.2) is 120 Å². The maximum absolute atomic E-state index is 6.72. The van der Waals surface area contributed by atoms with Gasteiger partial charge in [0, 0.05) is 10.5 Å². The van der Waals surface area contributed by atoms with E-state index >= 15 is 0 Å². The molecule has 2 aliphatic heterocycles. The molecular formula is C34H34O5S. The number of ether oxygens (including phenoxy) is 5. The largest absolute Gasteiger partial charge is 0.368 e. The zero-order valence-corrected chi connectivity index (χ0v) is 23.3. The van der Waals surface area contributed by atoms with Crippen LogP contribution in [0.2, 0.25) is 0 Å². The van der Waals surface area contributed by atoms with Crippen molar-refractivity contribution in [2.24, 2.45) is 0 Å². The molecule has 0 aromatic heterocycles. The molecule has 0 aliphatic carbocycles. The molecule has 2 heterocycles. The van der Waals surface area contributed by atoms with Crippen molar-refractivity contribution in [2.75, 3.05) is 6.61 Å². The Morgan fingerprint density at radius 1 is 0.675 bits per heavy atom. The van der Waals surface area contributed by atoms with Crippen LogP contribution in [-0.4, -0.2) is 36.5 Å². The van der Waals surface area contributed by atoms with Crippen LogP contribution in [0.5, 0.6) is 0 Å². The quantitative estimate of drug-likeness (QED) is 0.220. The minimum Gasteiger partial charge on any atom is -0.368 e. The molecule has 2 fully saturated rings. The molecule has 6 rings (SSSR count). The van der Waals surface area contributed by atoms with Crippen molar-refractivity contribution in [2.45, 2.75) is 61.2 Å². The third kappa shape index (κ3) is 6.50. The van der Waals surface area contributed by atoms with Crippen LogP contribution in [0.4, 0.5) is 0 Å². The molecule has 2 aliphatic rings. The van der Waals surface area contributed by atoms with E-state index in [-0.39, 0.29) is 29.9 Å². The molecule has 0 saturated carbocycles. The van der Waals surface area contributed by atoms with Crippen molar-refractivity contribution in [1.29, 1.82) is 0 Å². The molecule has 1 unspecified atom stereocenters. The highest BCUT2D eigenvalue weighted by Crippen LogP contribution is 2.42. The lowest BCUT2D eigenvalue weighted by atomic mass is 9.98. The first-order valence-corrected chi connectivity index (χ1v) is 14.6. The number of aryl methyl sites for hydroxylation is 1. The standard InChI is InChI=1S/C34H34O5S/c1-24-13-11-12-20-29(24)40-34-32(36-22-26-16-7-3-8-17-26)31(35-21-25-14-5-2-6-15-25)30-28(38-34)23-37-33(39-30)27-18-9-4-10-19-27/h2-20,28,30-34H,21-23H2,1H3/t28-,30+,31+,32-,33?,34+/m1/s1. The van der Waals surface area contributed by atoms with E-state index in [0.29, 0.717) is 19.8 Å². The van der Waals surface area contributed by atoms with Gasteiger partial charge in [0.2, 0.25) is 0 Å². The Labute approximate surface area is 240 Å². The highest BCUT2D eigenvalue weighted by Gasteiger charge is 2.51. The summed E-state index contributed by atoms with van der Waals surface area (Å²) in [5.41, 5.74) is 4.05. The molecule has 0 N–H and O–H groups in total. The smallest absolute Gasteiger partial charge is 0.184 e. The third-order valence-corrected chi connectivity index (χ3v) is 8.59. The Hall–Kier alpha value is -2.97. The predicted octanol–water partition coefficient (Wildman–Crippen LogP) is 7.10. The van der Waals surface area contributed by atoms with Gasteiger partial charge in [-0.25, -0.2) is 0 Å². The van der Waals surface area contributed by atoms with E-state index in [4.69, 9.17) is 23.7 Å². The van der Waals surface area contributed by atoms with Crippen molar-refractivity contribution >= 4 is 11.8 Å². The van der Waals surface area contributed by atoms with Crippen LogP contribution in [0, 0.1) is 6.92 Å². The van der Waals surface area contributed by atoms with Crippen molar-refractivity contribution < 1.29 is 23.7 Å². The van der Waals surface area contributed by atoms with Gasteiger partial charge in [-0.15, -0.1) is 0 Å². The molecule has 2 saturated heterocycles. The van der Waals surface area contributed by atoms with E-state index in [1.165, 1.54) is 5.56 Å². The van der Waals surface area contributed by atoms with Crippen LogP contribution in [-0.2, 0) is 36.9 Å². The lowest BCUT2D eigenvalue weighted by Gasteiger charge is -2.49. The number of fused-ring (bicyclic) bond motifs is 1. The third-order valence-electron chi connectivity index (χ3n) is 7.26. The highest BCUT2D eigenvalue weighted by molar-refractivity contribution is 7.99. The summed E-state index contributed by atoms with van der Waals surface area (Å²) in [6.07, 6.45) is -1.91. The summed E-state index contributed by atoms with van der Waals surface area (Å²) in [7, 11) is 0. The molecule has 40 heavy (non-hydrogen) atoms. The number of hydrogen-bond donors (Lipinski definition) is 0.